The van der Waals surface area contributed by atoms with Crippen LogP contribution in [0.1, 0.15) is 37.0 Å². The van der Waals surface area contributed by atoms with Gasteiger partial charge in [0.15, 0.2) is 0 Å². The standard InChI is InChI=1S/C15H24N2O/c1-5-6-12(2)11-16-14-9-7-13(8-10-14)15(18)17(3)4/h7-10,12,16H,5-6,11H2,1-4H3. The second-order valence-electron chi connectivity index (χ2n) is 5.05. The van der Waals surface area contributed by atoms with Crippen molar-refractivity contribution in [2.45, 2.75) is 26.7 Å². The quantitative estimate of drug-likeness (QED) is 0.838. The van der Waals surface area contributed by atoms with E-state index in [-0.39, 0.29) is 5.91 Å². The number of hydrogen-bond acceptors (Lipinski definition) is 2. The molecule has 0 bridgehead atoms. The molecule has 18 heavy (non-hydrogen) atoms. The number of carbonyl (C=O) groups is 1. The van der Waals surface area contributed by atoms with Gasteiger partial charge in [-0.2, -0.15) is 0 Å². The van der Waals surface area contributed by atoms with Gasteiger partial charge >= 0.3 is 0 Å². The Morgan fingerprint density at radius 1 is 1.28 bits per heavy atom. The minimum Gasteiger partial charge on any atom is -0.385 e. The van der Waals surface area contributed by atoms with Crippen LogP contribution in [0.2, 0.25) is 0 Å². The molecule has 0 fully saturated rings. The summed E-state index contributed by atoms with van der Waals surface area (Å²) in [4.78, 5) is 13.3. The molecule has 0 radical (unpaired) electrons. The molecule has 0 aliphatic rings. The molecule has 1 amide bonds. The lowest BCUT2D eigenvalue weighted by Crippen LogP contribution is -2.21. The van der Waals surface area contributed by atoms with Crippen molar-refractivity contribution in [1.82, 2.24) is 4.90 Å². The highest BCUT2D eigenvalue weighted by Crippen LogP contribution is 2.12. The topological polar surface area (TPSA) is 32.3 Å². The first-order chi connectivity index (χ1) is 8.54. The van der Waals surface area contributed by atoms with Crippen molar-refractivity contribution in [1.29, 1.82) is 0 Å². The number of anilines is 1. The van der Waals surface area contributed by atoms with Crippen molar-refractivity contribution < 1.29 is 4.79 Å². The molecule has 1 atom stereocenters. The smallest absolute Gasteiger partial charge is 0.253 e. The largest absolute Gasteiger partial charge is 0.385 e. The minimum absolute atomic E-state index is 0.0425. The fourth-order valence-electron chi connectivity index (χ4n) is 1.88. The maximum absolute atomic E-state index is 11.7. The summed E-state index contributed by atoms with van der Waals surface area (Å²) in [5.41, 5.74) is 1.81. The van der Waals surface area contributed by atoms with Gasteiger partial charge in [-0.1, -0.05) is 20.3 Å². The van der Waals surface area contributed by atoms with Crippen LogP contribution in [-0.2, 0) is 0 Å². The van der Waals surface area contributed by atoms with Crippen LogP contribution in [-0.4, -0.2) is 31.4 Å². The molecular weight excluding hydrogens is 224 g/mol. The molecule has 0 spiro atoms. The lowest BCUT2D eigenvalue weighted by molar-refractivity contribution is 0.0827. The zero-order valence-corrected chi connectivity index (χ0v) is 11.9. The zero-order chi connectivity index (χ0) is 13.5. The van der Waals surface area contributed by atoms with Crippen molar-refractivity contribution in [3.8, 4) is 0 Å². The molecule has 0 saturated carbocycles. The highest BCUT2D eigenvalue weighted by Gasteiger charge is 2.07. The Labute approximate surface area is 110 Å². The van der Waals surface area contributed by atoms with Crippen LogP contribution >= 0.6 is 0 Å². The van der Waals surface area contributed by atoms with Gasteiger partial charge in [0.25, 0.3) is 5.91 Å². The Morgan fingerprint density at radius 2 is 1.89 bits per heavy atom. The molecule has 1 aromatic carbocycles. The normalized spacial score (nSPS) is 12.0. The van der Waals surface area contributed by atoms with Crippen LogP contribution < -0.4 is 5.32 Å². The molecule has 0 aliphatic heterocycles. The molecule has 3 heteroatoms. The number of carbonyl (C=O) groups excluding carboxylic acids is 1. The number of amides is 1. The summed E-state index contributed by atoms with van der Waals surface area (Å²) in [5.74, 6) is 0.721. The summed E-state index contributed by atoms with van der Waals surface area (Å²) < 4.78 is 0. The second kappa shape index (κ2) is 7.04. The first-order valence-corrected chi connectivity index (χ1v) is 6.60. The zero-order valence-electron chi connectivity index (χ0n) is 11.9. The number of nitrogens with one attached hydrogen (secondary N) is 1. The van der Waals surface area contributed by atoms with E-state index in [1.165, 1.54) is 12.8 Å². The summed E-state index contributed by atoms with van der Waals surface area (Å²) >= 11 is 0. The molecule has 0 aliphatic carbocycles. The van der Waals surface area contributed by atoms with E-state index in [2.05, 4.69) is 19.2 Å². The minimum atomic E-state index is 0.0425. The van der Waals surface area contributed by atoms with Crippen molar-refractivity contribution in [2.75, 3.05) is 26.0 Å². The van der Waals surface area contributed by atoms with Gasteiger partial charge in [0.2, 0.25) is 0 Å². The van der Waals surface area contributed by atoms with Crippen molar-refractivity contribution in [2.24, 2.45) is 5.92 Å². The molecule has 1 rings (SSSR count). The van der Waals surface area contributed by atoms with Gasteiger partial charge in [-0.25, -0.2) is 0 Å². The summed E-state index contributed by atoms with van der Waals surface area (Å²) in [7, 11) is 3.53. The Bertz CT molecular complexity index is 371. The van der Waals surface area contributed by atoms with Gasteiger partial charge in [-0.3, -0.25) is 4.79 Å². The van der Waals surface area contributed by atoms with E-state index in [0.717, 1.165) is 17.8 Å². The average molecular weight is 248 g/mol. The second-order valence-corrected chi connectivity index (χ2v) is 5.05. The lowest BCUT2D eigenvalue weighted by atomic mass is 10.1. The molecule has 3 nitrogen and oxygen atoms in total. The van der Waals surface area contributed by atoms with Gasteiger partial charge in [-0.15, -0.1) is 0 Å². The highest BCUT2D eigenvalue weighted by atomic mass is 16.2. The van der Waals surface area contributed by atoms with Gasteiger partial charge in [0, 0.05) is 31.9 Å². The van der Waals surface area contributed by atoms with Crippen LogP contribution in [0.4, 0.5) is 5.69 Å². The van der Waals surface area contributed by atoms with Gasteiger partial charge in [-0.05, 0) is 36.6 Å². The molecule has 0 saturated heterocycles. The molecule has 1 N–H and O–H groups in total. The predicted octanol–water partition coefficient (Wildman–Crippen LogP) is 3.24. The molecule has 1 aromatic rings. The number of rotatable bonds is 6. The third-order valence-corrected chi connectivity index (χ3v) is 2.97. The monoisotopic (exact) mass is 248 g/mol. The maximum Gasteiger partial charge on any atom is 0.253 e. The third kappa shape index (κ3) is 4.40. The van der Waals surface area contributed by atoms with E-state index in [9.17, 15) is 4.79 Å². The Morgan fingerprint density at radius 3 is 2.39 bits per heavy atom. The molecule has 0 aromatic heterocycles. The Hall–Kier alpha value is -1.51. The van der Waals surface area contributed by atoms with Crippen LogP contribution in [0.25, 0.3) is 0 Å². The first kappa shape index (κ1) is 14.6. The average Bonchev–Trinajstić information content (AvgIpc) is 2.36. The van der Waals surface area contributed by atoms with E-state index in [4.69, 9.17) is 0 Å². The van der Waals surface area contributed by atoms with E-state index in [0.29, 0.717) is 5.92 Å². The number of hydrogen-bond donors (Lipinski definition) is 1. The Balaban J connectivity index is 2.53. The maximum atomic E-state index is 11.7. The van der Waals surface area contributed by atoms with Crippen LogP contribution in [0, 0.1) is 5.92 Å². The first-order valence-electron chi connectivity index (χ1n) is 6.60. The number of nitrogens with zero attached hydrogens (tertiary/aromatic N) is 1. The highest BCUT2D eigenvalue weighted by molar-refractivity contribution is 5.94. The number of benzene rings is 1. The van der Waals surface area contributed by atoms with Crippen molar-refractivity contribution in [3.63, 3.8) is 0 Å². The van der Waals surface area contributed by atoms with Crippen LogP contribution in [0.3, 0.4) is 0 Å². The van der Waals surface area contributed by atoms with E-state index >= 15 is 0 Å². The molecular formula is C15H24N2O. The van der Waals surface area contributed by atoms with Crippen molar-refractivity contribution >= 4 is 11.6 Å². The third-order valence-electron chi connectivity index (χ3n) is 2.97. The van der Waals surface area contributed by atoms with Crippen LogP contribution in [0.5, 0.6) is 0 Å². The molecule has 100 valence electrons. The lowest BCUT2D eigenvalue weighted by Gasteiger charge is -2.14. The van der Waals surface area contributed by atoms with Gasteiger partial charge < -0.3 is 10.2 Å². The fourth-order valence-corrected chi connectivity index (χ4v) is 1.88. The van der Waals surface area contributed by atoms with Gasteiger partial charge in [0.1, 0.15) is 0 Å². The molecule has 0 heterocycles. The fraction of sp³-hybridized carbons (Fsp3) is 0.533. The van der Waals surface area contributed by atoms with Gasteiger partial charge in [0.05, 0.1) is 0 Å². The summed E-state index contributed by atoms with van der Waals surface area (Å²) in [6.45, 7) is 5.44. The Kier molecular flexibility index (Phi) is 5.69. The SMILES string of the molecule is CCCC(C)CNc1ccc(C(=O)N(C)C)cc1. The van der Waals surface area contributed by atoms with Crippen LogP contribution in [0.15, 0.2) is 24.3 Å². The predicted molar refractivity (Wildman–Crippen MR) is 77.0 cm³/mol. The summed E-state index contributed by atoms with van der Waals surface area (Å²) in [6, 6.07) is 7.68. The van der Waals surface area contributed by atoms with E-state index in [1.54, 1.807) is 19.0 Å². The van der Waals surface area contributed by atoms with Crippen molar-refractivity contribution in [3.05, 3.63) is 29.8 Å². The molecule has 1 unspecified atom stereocenters. The van der Waals surface area contributed by atoms with E-state index < -0.39 is 0 Å². The van der Waals surface area contributed by atoms with E-state index in [1.807, 2.05) is 24.3 Å². The summed E-state index contributed by atoms with van der Waals surface area (Å²) in [5, 5.41) is 3.40. The summed E-state index contributed by atoms with van der Waals surface area (Å²) in [6.07, 6.45) is 2.46.